The van der Waals surface area contributed by atoms with Crippen molar-refractivity contribution in [2.45, 2.75) is 44.6 Å². The van der Waals surface area contributed by atoms with Crippen molar-refractivity contribution in [3.8, 4) is 0 Å². The lowest BCUT2D eigenvalue weighted by Crippen LogP contribution is -2.59. The molecular formula is C21H25F3N4O2. The Hall–Kier alpha value is -2.55. The number of fused-ring (bicyclic) bond motifs is 1. The number of aromatic nitrogens is 2. The van der Waals surface area contributed by atoms with Crippen molar-refractivity contribution in [2.75, 3.05) is 36.1 Å². The number of hydrogen-bond acceptors (Lipinski definition) is 5. The maximum atomic E-state index is 14.2. The van der Waals surface area contributed by atoms with Crippen molar-refractivity contribution >= 4 is 11.8 Å². The maximum absolute atomic E-state index is 14.2. The average molecular weight is 422 g/mol. The Morgan fingerprint density at radius 1 is 1.20 bits per heavy atom. The minimum absolute atomic E-state index is 0.0762. The summed E-state index contributed by atoms with van der Waals surface area (Å²) in [6, 6.07) is 10.2. The number of morpholine rings is 1. The van der Waals surface area contributed by atoms with Crippen molar-refractivity contribution < 1.29 is 17.9 Å². The number of anilines is 2. The highest BCUT2D eigenvalue weighted by molar-refractivity contribution is 5.51. The first-order valence-electron chi connectivity index (χ1n) is 10.1. The van der Waals surface area contributed by atoms with E-state index in [1.165, 1.54) is 11.0 Å². The summed E-state index contributed by atoms with van der Waals surface area (Å²) in [6.07, 6.45) is -4.12. The van der Waals surface area contributed by atoms with Crippen LogP contribution in [-0.4, -0.2) is 53.6 Å². The molecule has 162 valence electrons. The number of rotatable bonds is 4. The molecule has 0 unspecified atom stereocenters. The van der Waals surface area contributed by atoms with Crippen LogP contribution >= 0.6 is 0 Å². The van der Waals surface area contributed by atoms with Crippen LogP contribution in [0.15, 0.2) is 41.2 Å². The number of alkyl halides is 3. The molecule has 9 heteroatoms. The molecule has 0 spiro atoms. The summed E-state index contributed by atoms with van der Waals surface area (Å²) in [4.78, 5) is 20.5. The van der Waals surface area contributed by atoms with Gasteiger partial charge in [0.15, 0.2) is 5.54 Å². The normalized spacial score (nSPS) is 22.8. The minimum Gasteiger partial charge on any atom is -0.378 e. The Labute approximate surface area is 172 Å². The molecule has 0 radical (unpaired) electrons. The van der Waals surface area contributed by atoms with Gasteiger partial charge in [0.1, 0.15) is 5.82 Å². The first kappa shape index (κ1) is 20.7. The van der Waals surface area contributed by atoms with E-state index in [1.54, 1.807) is 6.92 Å². The number of benzene rings is 1. The highest BCUT2D eigenvalue weighted by Gasteiger charge is 2.61. The largest absolute Gasteiger partial charge is 0.413 e. The predicted octanol–water partition coefficient (Wildman–Crippen LogP) is 2.85. The molecule has 1 aromatic heterocycles. The predicted molar refractivity (Wildman–Crippen MR) is 108 cm³/mol. The second-order valence-corrected chi connectivity index (χ2v) is 8.12. The van der Waals surface area contributed by atoms with Crippen LogP contribution in [0.2, 0.25) is 0 Å². The van der Waals surface area contributed by atoms with Crippen LogP contribution in [0.3, 0.4) is 0 Å². The van der Waals surface area contributed by atoms with Crippen LogP contribution < -0.4 is 15.4 Å². The van der Waals surface area contributed by atoms with Crippen LogP contribution in [0, 0.1) is 0 Å². The molecule has 2 aliphatic rings. The van der Waals surface area contributed by atoms with Crippen molar-refractivity contribution in [3.63, 3.8) is 0 Å². The van der Waals surface area contributed by atoms with E-state index in [-0.39, 0.29) is 5.95 Å². The molecule has 2 aliphatic heterocycles. The van der Waals surface area contributed by atoms with Crippen LogP contribution in [0.5, 0.6) is 0 Å². The lowest BCUT2D eigenvalue weighted by Gasteiger charge is -2.40. The van der Waals surface area contributed by atoms with Gasteiger partial charge in [-0.15, -0.1) is 0 Å². The molecule has 0 aliphatic carbocycles. The Balaban J connectivity index is 1.77. The van der Waals surface area contributed by atoms with E-state index in [0.29, 0.717) is 38.5 Å². The van der Waals surface area contributed by atoms with Crippen molar-refractivity contribution in [3.05, 3.63) is 52.3 Å². The summed E-state index contributed by atoms with van der Waals surface area (Å²) in [5.74, 6) is 0.477. The van der Waals surface area contributed by atoms with Crippen molar-refractivity contribution in [2.24, 2.45) is 0 Å². The van der Waals surface area contributed by atoms with Gasteiger partial charge in [-0.1, -0.05) is 30.3 Å². The third kappa shape index (κ3) is 3.55. The third-order valence-corrected chi connectivity index (χ3v) is 5.95. The van der Waals surface area contributed by atoms with Gasteiger partial charge in [0.05, 0.1) is 19.8 Å². The molecule has 0 saturated carbocycles. The summed E-state index contributed by atoms with van der Waals surface area (Å²) in [6.45, 7) is 4.51. The quantitative estimate of drug-likeness (QED) is 0.759. The van der Waals surface area contributed by atoms with Crippen molar-refractivity contribution in [1.29, 1.82) is 0 Å². The zero-order valence-electron chi connectivity index (χ0n) is 17.0. The second-order valence-electron chi connectivity index (χ2n) is 8.12. The molecule has 0 bridgehead atoms. The zero-order chi connectivity index (χ0) is 21.5. The van der Waals surface area contributed by atoms with Gasteiger partial charge in [0.2, 0.25) is 5.95 Å². The van der Waals surface area contributed by atoms with E-state index in [0.717, 1.165) is 17.1 Å². The lowest BCUT2D eigenvalue weighted by molar-refractivity contribution is -0.183. The summed E-state index contributed by atoms with van der Waals surface area (Å²) in [7, 11) is 0. The Morgan fingerprint density at radius 3 is 2.50 bits per heavy atom. The van der Waals surface area contributed by atoms with E-state index in [1.807, 2.05) is 35.2 Å². The molecule has 6 nitrogen and oxygen atoms in total. The first-order chi connectivity index (χ1) is 14.2. The monoisotopic (exact) mass is 422 g/mol. The lowest BCUT2D eigenvalue weighted by atomic mass is 9.96. The molecule has 2 aromatic rings. The maximum Gasteiger partial charge on any atom is 0.413 e. The molecule has 4 rings (SSSR count). The zero-order valence-corrected chi connectivity index (χ0v) is 17.0. The summed E-state index contributed by atoms with van der Waals surface area (Å²) in [5, 5.41) is 0. The Morgan fingerprint density at radius 2 is 1.87 bits per heavy atom. The molecule has 1 fully saturated rings. The fourth-order valence-corrected chi connectivity index (χ4v) is 4.33. The molecule has 3 heterocycles. The standard InChI is InChI=1S/C21H25F3N4O2/c1-15(12-16-6-4-3-5-7-16)28-19-25-17(26-8-10-30-11-9-26)13-18(29)27(19)14-20(28,2)21(22,23)24/h3-7,13,15H,8-12,14H2,1-2H3/t15-,20-/m0/s1. The molecule has 2 atom stereocenters. The molecule has 30 heavy (non-hydrogen) atoms. The first-order valence-corrected chi connectivity index (χ1v) is 10.1. The number of ether oxygens (including phenoxy) is 1. The van der Waals surface area contributed by atoms with E-state index in [2.05, 4.69) is 4.98 Å². The Kier molecular flexibility index (Phi) is 5.25. The number of nitrogens with zero attached hydrogens (tertiary/aromatic N) is 4. The highest BCUT2D eigenvalue weighted by Crippen LogP contribution is 2.44. The van der Waals surface area contributed by atoms with E-state index in [4.69, 9.17) is 4.74 Å². The van der Waals surface area contributed by atoms with Gasteiger partial charge in [0.25, 0.3) is 5.56 Å². The minimum atomic E-state index is -4.53. The summed E-state index contributed by atoms with van der Waals surface area (Å²) in [5.41, 5.74) is -1.75. The number of halogens is 3. The fourth-order valence-electron chi connectivity index (χ4n) is 4.33. The van der Waals surface area contributed by atoms with Gasteiger partial charge >= 0.3 is 6.18 Å². The van der Waals surface area contributed by atoms with Crippen LogP contribution in [-0.2, 0) is 17.7 Å². The van der Waals surface area contributed by atoms with Crippen LogP contribution in [0.25, 0.3) is 0 Å². The fraction of sp³-hybridized carbons (Fsp3) is 0.524. The Bertz CT molecular complexity index is 957. The molecule has 1 saturated heterocycles. The van der Waals surface area contributed by atoms with Crippen LogP contribution in [0.4, 0.5) is 24.9 Å². The van der Waals surface area contributed by atoms with Crippen molar-refractivity contribution in [1.82, 2.24) is 9.55 Å². The van der Waals surface area contributed by atoms with Gasteiger partial charge in [-0.3, -0.25) is 9.36 Å². The average Bonchev–Trinajstić information content (AvgIpc) is 3.03. The van der Waals surface area contributed by atoms with Gasteiger partial charge in [0, 0.05) is 25.2 Å². The third-order valence-electron chi connectivity index (χ3n) is 5.95. The smallest absolute Gasteiger partial charge is 0.378 e. The second kappa shape index (κ2) is 7.61. The topological polar surface area (TPSA) is 50.6 Å². The van der Waals surface area contributed by atoms with Crippen LogP contribution in [0.1, 0.15) is 19.4 Å². The highest BCUT2D eigenvalue weighted by atomic mass is 19.4. The van der Waals surface area contributed by atoms with E-state index < -0.39 is 29.9 Å². The molecule has 0 amide bonds. The SMILES string of the molecule is C[C@@H](Cc1ccccc1)N1c2nc(N3CCOCC3)cc(=O)n2C[C@@]1(C)C(F)(F)F. The van der Waals surface area contributed by atoms with E-state index in [9.17, 15) is 18.0 Å². The number of hydrogen-bond donors (Lipinski definition) is 0. The van der Waals surface area contributed by atoms with Gasteiger partial charge in [-0.05, 0) is 25.8 Å². The van der Waals surface area contributed by atoms with Gasteiger partial charge in [-0.2, -0.15) is 18.2 Å². The molecular weight excluding hydrogens is 397 g/mol. The van der Waals surface area contributed by atoms with Gasteiger partial charge in [-0.25, -0.2) is 0 Å². The summed E-state index contributed by atoms with van der Waals surface area (Å²) >= 11 is 0. The molecule has 0 N–H and O–H groups in total. The van der Waals surface area contributed by atoms with Gasteiger partial charge < -0.3 is 14.5 Å². The molecule has 1 aromatic carbocycles. The van der Waals surface area contributed by atoms with E-state index >= 15 is 0 Å². The summed E-state index contributed by atoms with van der Waals surface area (Å²) < 4.78 is 49.2.